The zero-order valence-electron chi connectivity index (χ0n) is 15.7. The van der Waals surface area contributed by atoms with Gasteiger partial charge in [0.25, 0.3) is 5.91 Å². The lowest BCUT2D eigenvalue weighted by Gasteiger charge is -2.20. The van der Waals surface area contributed by atoms with Gasteiger partial charge in [0.05, 0.1) is 6.33 Å². The fraction of sp³-hybridized carbons (Fsp3) is 0.450. The second-order valence-electron chi connectivity index (χ2n) is 6.92. The number of nitrogens with one attached hydrogen (secondary N) is 2. The summed E-state index contributed by atoms with van der Waals surface area (Å²) in [6.45, 7) is 7.33. The molecule has 26 heavy (non-hydrogen) atoms. The molecule has 0 bridgehead atoms. The molecule has 2 rings (SSSR count). The summed E-state index contributed by atoms with van der Waals surface area (Å²) in [5, 5.41) is 5.83. The molecule has 2 amide bonds. The summed E-state index contributed by atoms with van der Waals surface area (Å²) in [4.78, 5) is 29.1. The molecular formula is C20H28N4O2. The predicted octanol–water partition coefficient (Wildman–Crippen LogP) is 2.54. The number of carbonyl (C=O) groups is 2. The number of carbonyl (C=O) groups excluding carboxylic acids is 2. The number of amides is 2. The van der Waals surface area contributed by atoms with Crippen molar-refractivity contribution in [3.8, 4) is 0 Å². The molecule has 0 saturated carbocycles. The van der Waals surface area contributed by atoms with Gasteiger partial charge in [0.1, 0.15) is 6.04 Å². The molecule has 0 spiro atoms. The molecule has 1 aromatic carbocycles. The van der Waals surface area contributed by atoms with Crippen molar-refractivity contribution in [2.24, 2.45) is 5.92 Å². The van der Waals surface area contributed by atoms with Crippen LogP contribution in [0.1, 0.15) is 42.6 Å². The molecule has 0 aliphatic carbocycles. The maximum atomic E-state index is 12.5. The zero-order valence-corrected chi connectivity index (χ0v) is 15.7. The molecule has 2 aromatic rings. The molecular weight excluding hydrogens is 328 g/mol. The van der Waals surface area contributed by atoms with Crippen molar-refractivity contribution in [1.29, 1.82) is 0 Å². The third-order valence-corrected chi connectivity index (χ3v) is 4.17. The first-order valence-electron chi connectivity index (χ1n) is 9.07. The number of aromatic nitrogens is 2. The number of rotatable bonds is 9. The molecule has 1 unspecified atom stereocenters. The van der Waals surface area contributed by atoms with E-state index in [9.17, 15) is 9.59 Å². The number of hydrogen-bond acceptors (Lipinski definition) is 3. The summed E-state index contributed by atoms with van der Waals surface area (Å²) in [5.41, 5.74) is 1.50. The van der Waals surface area contributed by atoms with Gasteiger partial charge in [-0.1, -0.05) is 32.0 Å². The van der Waals surface area contributed by atoms with Gasteiger partial charge in [-0.05, 0) is 37.3 Å². The van der Waals surface area contributed by atoms with Gasteiger partial charge in [0, 0.05) is 31.0 Å². The minimum atomic E-state index is -0.532. The minimum absolute atomic E-state index is 0.133. The Bertz CT molecular complexity index is 710. The minimum Gasteiger partial charge on any atom is -0.354 e. The number of benzene rings is 1. The average molecular weight is 356 g/mol. The van der Waals surface area contributed by atoms with Gasteiger partial charge in [0.15, 0.2) is 0 Å². The highest BCUT2D eigenvalue weighted by atomic mass is 16.2. The van der Waals surface area contributed by atoms with Crippen molar-refractivity contribution in [2.75, 3.05) is 6.54 Å². The highest BCUT2D eigenvalue weighted by molar-refractivity contribution is 5.98. The molecule has 2 N–H and O–H groups in total. The van der Waals surface area contributed by atoms with Crippen LogP contribution in [0.3, 0.4) is 0 Å². The standard InChI is InChI=1S/C20H28N4O2/c1-15(2)13-18(23-19(25)17-8-5-4-7-16(17)3)20(26)22-9-6-11-24-12-10-21-14-24/h4-5,7-8,10,12,14-15,18H,6,9,11,13H2,1-3H3,(H,22,26)(H,23,25). The third kappa shape index (κ3) is 6.02. The van der Waals surface area contributed by atoms with Crippen molar-refractivity contribution in [3.63, 3.8) is 0 Å². The predicted molar refractivity (Wildman–Crippen MR) is 102 cm³/mol. The van der Waals surface area contributed by atoms with Crippen LogP contribution in [-0.4, -0.2) is 34.0 Å². The number of hydrogen-bond donors (Lipinski definition) is 2. The van der Waals surface area contributed by atoms with Crippen molar-refractivity contribution in [1.82, 2.24) is 20.2 Å². The highest BCUT2D eigenvalue weighted by Crippen LogP contribution is 2.10. The lowest BCUT2D eigenvalue weighted by Crippen LogP contribution is -2.47. The number of nitrogens with zero attached hydrogens (tertiary/aromatic N) is 2. The summed E-state index contributed by atoms with van der Waals surface area (Å²) >= 11 is 0. The van der Waals surface area contributed by atoms with E-state index in [1.807, 2.05) is 49.7 Å². The Morgan fingerprint density at radius 2 is 2.00 bits per heavy atom. The lowest BCUT2D eigenvalue weighted by atomic mass is 10.0. The number of imidazole rings is 1. The number of aryl methyl sites for hydroxylation is 2. The van der Waals surface area contributed by atoms with E-state index in [-0.39, 0.29) is 11.8 Å². The Kier molecular flexibility index (Phi) is 7.38. The lowest BCUT2D eigenvalue weighted by molar-refractivity contribution is -0.123. The molecule has 0 radical (unpaired) electrons. The third-order valence-electron chi connectivity index (χ3n) is 4.17. The van der Waals surface area contributed by atoms with Crippen molar-refractivity contribution in [2.45, 2.75) is 46.2 Å². The van der Waals surface area contributed by atoms with Gasteiger partial charge in [-0.3, -0.25) is 9.59 Å². The molecule has 1 atom stereocenters. The fourth-order valence-electron chi connectivity index (χ4n) is 2.78. The van der Waals surface area contributed by atoms with Crippen LogP contribution < -0.4 is 10.6 Å². The fourth-order valence-corrected chi connectivity index (χ4v) is 2.78. The van der Waals surface area contributed by atoms with E-state index >= 15 is 0 Å². The summed E-state index contributed by atoms with van der Waals surface area (Å²) in [6.07, 6.45) is 6.79. The Labute approximate surface area is 155 Å². The normalized spacial score (nSPS) is 12.0. The maximum absolute atomic E-state index is 12.5. The van der Waals surface area contributed by atoms with Crippen LogP contribution in [-0.2, 0) is 11.3 Å². The van der Waals surface area contributed by atoms with Gasteiger partial charge in [0.2, 0.25) is 5.91 Å². The zero-order chi connectivity index (χ0) is 18.9. The van der Waals surface area contributed by atoms with Crippen LogP contribution in [0.2, 0.25) is 0 Å². The molecule has 6 nitrogen and oxygen atoms in total. The first-order chi connectivity index (χ1) is 12.5. The van der Waals surface area contributed by atoms with Gasteiger partial charge < -0.3 is 15.2 Å². The van der Waals surface area contributed by atoms with Crippen LogP contribution in [0.4, 0.5) is 0 Å². The van der Waals surface area contributed by atoms with E-state index in [0.29, 0.717) is 24.4 Å². The largest absolute Gasteiger partial charge is 0.354 e. The van der Waals surface area contributed by atoms with E-state index in [0.717, 1.165) is 18.5 Å². The second-order valence-corrected chi connectivity index (χ2v) is 6.92. The highest BCUT2D eigenvalue weighted by Gasteiger charge is 2.22. The topological polar surface area (TPSA) is 76.0 Å². The molecule has 140 valence electrons. The van der Waals surface area contributed by atoms with Crippen molar-refractivity contribution in [3.05, 3.63) is 54.1 Å². The molecule has 1 heterocycles. The summed E-state index contributed by atoms with van der Waals surface area (Å²) in [7, 11) is 0. The van der Waals surface area contributed by atoms with Crippen molar-refractivity contribution < 1.29 is 9.59 Å². The van der Waals surface area contributed by atoms with E-state index in [4.69, 9.17) is 0 Å². The smallest absolute Gasteiger partial charge is 0.252 e. The second kappa shape index (κ2) is 9.75. The Balaban J connectivity index is 1.89. The maximum Gasteiger partial charge on any atom is 0.252 e. The van der Waals surface area contributed by atoms with Crippen LogP contribution in [0.25, 0.3) is 0 Å². The van der Waals surface area contributed by atoms with Crippen molar-refractivity contribution >= 4 is 11.8 Å². The van der Waals surface area contributed by atoms with E-state index < -0.39 is 6.04 Å². The molecule has 6 heteroatoms. The van der Waals surface area contributed by atoms with Crippen LogP contribution >= 0.6 is 0 Å². The first-order valence-corrected chi connectivity index (χ1v) is 9.07. The summed E-state index contributed by atoms with van der Waals surface area (Å²) < 4.78 is 1.97. The quantitative estimate of drug-likeness (QED) is 0.678. The Morgan fingerprint density at radius 3 is 2.65 bits per heavy atom. The van der Waals surface area contributed by atoms with Crippen LogP contribution in [0.5, 0.6) is 0 Å². The van der Waals surface area contributed by atoms with E-state index in [2.05, 4.69) is 15.6 Å². The monoisotopic (exact) mass is 356 g/mol. The van der Waals surface area contributed by atoms with Gasteiger partial charge >= 0.3 is 0 Å². The van der Waals surface area contributed by atoms with Crippen LogP contribution in [0, 0.1) is 12.8 Å². The van der Waals surface area contributed by atoms with Crippen LogP contribution in [0.15, 0.2) is 43.0 Å². The van der Waals surface area contributed by atoms with Gasteiger partial charge in [-0.2, -0.15) is 0 Å². The van der Waals surface area contributed by atoms with E-state index in [1.165, 1.54) is 0 Å². The summed E-state index contributed by atoms with van der Waals surface area (Å²) in [5.74, 6) is -0.0394. The Morgan fingerprint density at radius 1 is 1.23 bits per heavy atom. The SMILES string of the molecule is Cc1ccccc1C(=O)NC(CC(C)C)C(=O)NCCCn1ccnc1. The Hall–Kier alpha value is -2.63. The summed E-state index contributed by atoms with van der Waals surface area (Å²) in [6, 6.07) is 6.86. The molecule has 0 aliphatic heterocycles. The van der Waals surface area contributed by atoms with Gasteiger partial charge in [-0.25, -0.2) is 4.98 Å². The van der Waals surface area contributed by atoms with Gasteiger partial charge in [-0.15, -0.1) is 0 Å². The van der Waals surface area contributed by atoms with E-state index in [1.54, 1.807) is 18.6 Å². The molecule has 0 fully saturated rings. The molecule has 0 aliphatic rings. The molecule has 1 aromatic heterocycles. The average Bonchev–Trinajstić information content (AvgIpc) is 3.11. The molecule has 0 saturated heterocycles. The first kappa shape index (κ1) is 19.7.